The van der Waals surface area contributed by atoms with Gasteiger partial charge in [0.05, 0.1) is 22.3 Å². The molecule has 0 amide bonds. The number of carboxylic acids is 2. The third-order valence-electron chi connectivity index (χ3n) is 2.21. The van der Waals surface area contributed by atoms with Crippen molar-refractivity contribution >= 4 is 23.9 Å². The summed E-state index contributed by atoms with van der Waals surface area (Å²) in [4.78, 5) is 51.0. The molecule has 0 aliphatic heterocycles. The van der Waals surface area contributed by atoms with E-state index < -0.39 is 46.1 Å². The number of benzene rings is 1. The van der Waals surface area contributed by atoms with Crippen molar-refractivity contribution in [3.63, 3.8) is 0 Å². The van der Waals surface area contributed by atoms with E-state index >= 15 is 0 Å². The maximum atomic E-state index is 11.3. The Kier molecular flexibility index (Phi) is 4.35. The Morgan fingerprint density at radius 2 is 1.30 bits per heavy atom. The number of hydrogen-bond donors (Lipinski definition) is 4. The summed E-state index contributed by atoms with van der Waals surface area (Å²) in [6, 6.07) is 1.16. The van der Waals surface area contributed by atoms with Gasteiger partial charge in [-0.25, -0.2) is 19.2 Å². The molecule has 10 nitrogen and oxygen atoms in total. The smallest absolute Gasteiger partial charge is 0.374 e. The highest BCUT2D eigenvalue weighted by molar-refractivity contribution is 6.11. The topological polar surface area (TPSA) is 168 Å². The van der Waals surface area contributed by atoms with Crippen molar-refractivity contribution in [3.8, 4) is 0 Å². The molecule has 0 spiro atoms. The van der Waals surface area contributed by atoms with Gasteiger partial charge in [0.2, 0.25) is 0 Å². The Labute approximate surface area is 109 Å². The lowest BCUT2D eigenvalue weighted by Crippen LogP contribution is -2.19. The standard InChI is InChI=1S/C10H6O10/c11-7(12)3-1-4(8(13)14)6(10(16)20-18)5(2-3)9(15)19-17/h1-2,17-18H,(H,11,12)(H,13,14). The van der Waals surface area contributed by atoms with E-state index in [1.807, 2.05) is 0 Å². The molecule has 0 atom stereocenters. The summed E-state index contributed by atoms with van der Waals surface area (Å²) in [5, 5.41) is 34.2. The van der Waals surface area contributed by atoms with E-state index in [1.165, 1.54) is 0 Å². The van der Waals surface area contributed by atoms with Gasteiger partial charge in [0, 0.05) is 0 Å². The summed E-state index contributed by atoms with van der Waals surface area (Å²) in [6.07, 6.45) is 0. The summed E-state index contributed by atoms with van der Waals surface area (Å²) >= 11 is 0. The van der Waals surface area contributed by atoms with Crippen LogP contribution in [0.3, 0.4) is 0 Å². The van der Waals surface area contributed by atoms with E-state index in [2.05, 4.69) is 9.78 Å². The molecule has 0 fully saturated rings. The third kappa shape index (κ3) is 2.71. The molecule has 0 aromatic heterocycles. The first-order valence-electron chi connectivity index (χ1n) is 4.69. The number of aromatic carboxylic acids is 2. The Balaban J connectivity index is 3.75. The van der Waals surface area contributed by atoms with E-state index in [0.29, 0.717) is 12.1 Å². The average molecular weight is 286 g/mol. The van der Waals surface area contributed by atoms with Gasteiger partial charge in [-0.3, -0.25) is 9.78 Å². The van der Waals surface area contributed by atoms with Crippen molar-refractivity contribution < 1.29 is 49.7 Å². The molecule has 1 aromatic rings. The number of rotatable bonds is 4. The van der Waals surface area contributed by atoms with E-state index in [9.17, 15) is 19.2 Å². The van der Waals surface area contributed by atoms with Crippen molar-refractivity contribution in [1.29, 1.82) is 0 Å². The molecule has 1 aromatic carbocycles. The zero-order valence-electron chi connectivity index (χ0n) is 9.39. The van der Waals surface area contributed by atoms with E-state index in [0.717, 1.165) is 0 Å². The first kappa shape index (κ1) is 15.1. The molecule has 0 aliphatic carbocycles. The largest absolute Gasteiger partial charge is 0.478 e. The lowest BCUT2D eigenvalue weighted by molar-refractivity contribution is -0.185. The molecular weight excluding hydrogens is 280 g/mol. The van der Waals surface area contributed by atoms with Crippen molar-refractivity contribution in [1.82, 2.24) is 0 Å². The number of hydrogen-bond acceptors (Lipinski definition) is 8. The number of carbonyl (C=O) groups excluding carboxylic acids is 2. The van der Waals surface area contributed by atoms with Crippen LogP contribution in [0.15, 0.2) is 12.1 Å². The zero-order chi connectivity index (χ0) is 15.4. The van der Waals surface area contributed by atoms with E-state index in [-0.39, 0.29) is 0 Å². The third-order valence-corrected chi connectivity index (χ3v) is 2.21. The molecule has 4 N–H and O–H groups in total. The first-order valence-corrected chi connectivity index (χ1v) is 4.69. The van der Waals surface area contributed by atoms with Gasteiger partial charge in [0.15, 0.2) is 0 Å². The Hall–Kier alpha value is -2.98. The van der Waals surface area contributed by atoms with Gasteiger partial charge < -0.3 is 10.2 Å². The minimum absolute atomic E-state index is 0.574. The summed E-state index contributed by atoms with van der Waals surface area (Å²) < 4.78 is 0. The van der Waals surface area contributed by atoms with Crippen LogP contribution in [0.4, 0.5) is 0 Å². The maximum Gasteiger partial charge on any atom is 0.374 e. The lowest BCUT2D eigenvalue weighted by atomic mass is 9.97. The molecule has 0 unspecified atom stereocenters. The fraction of sp³-hybridized carbons (Fsp3) is 0. The minimum Gasteiger partial charge on any atom is -0.478 e. The fourth-order valence-corrected chi connectivity index (χ4v) is 1.41. The van der Waals surface area contributed by atoms with Gasteiger partial charge in [-0.1, -0.05) is 0 Å². The Morgan fingerprint density at radius 3 is 1.70 bits per heavy atom. The second-order valence-electron chi connectivity index (χ2n) is 3.31. The highest BCUT2D eigenvalue weighted by Gasteiger charge is 2.29. The predicted octanol–water partition coefficient (Wildman–Crippen LogP) is 0.343. The molecule has 106 valence electrons. The van der Waals surface area contributed by atoms with E-state index in [1.54, 1.807) is 0 Å². The van der Waals surface area contributed by atoms with Gasteiger partial charge in [0.1, 0.15) is 0 Å². The molecule has 0 heterocycles. The minimum atomic E-state index is -1.76. The van der Waals surface area contributed by atoms with Crippen molar-refractivity contribution in [2.24, 2.45) is 0 Å². The lowest BCUT2D eigenvalue weighted by Gasteiger charge is -2.09. The second kappa shape index (κ2) is 5.77. The number of carboxylic acid groups (broad SMARTS) is 2. The van der Waals surface area contributed by atoms with Gasteiger partial charge in [-0.2, -0.15) is 10.5 Å². The number of carbonyl (C=O) groups is 4. The van der Waals surface area contributed by atoms with Crippen LogP contribution < -0.4 is 0 Å². The van der Waals surface area contributed by atoms with Crippen LogP contribution >= 0.6 is 0 Å². The van der Waals surface area contributed by atoms with Gasteiger partial charge >= 0.3 is 23.9 Å². The van der Waals surface area contributed by atoms with Crippen LogP contribution in [0.5, 0.6) is 0 Å². The molecule has 0 saturated carbocycles. The van der Waals surface area contributed by atoms with Gasteiger partial charge in [-0.15, -0.1) is 0 Å². The van der Waals surface area contributed by atoms with Crippen molar-refractivity contribution in [2.75, 3.05) is 0 Å². The summed E-state index contributed by atoms with van der Waals surface area (Å²) in [6.45, 7) is 0. The summed E-state index contributed by atoms with van der Waals surface area (Å²) in [7, 11) is 0. The molecule has 10 heteroatoms. The summed E-state index contributed by atoms with van der Waals surface area (Å²) in [5.41, 5.74) is -3.45. The Morgan fingerprint density at radius 1 is 0.800 bits per heavy atom. The van der Waals surface area contributed by atoms with Crippen LogP contribution in [0.1, 0.15) is 41.4 Å². The quantitative estimate of drug-likeness (QED) is 0.447. The van der Waals surface area contributed by atoms with Gasteiger partial charge in [-0.05, 0) is 12.1 Å². The monoisotopic (exact) mass is 286 g/mol. The molecular formula is C10H6O10. The van der Waals surface area contributed by atoms with Crippen molar-refractivity contribution in [2.45, 2.75) is 0 Å². The first-order chi connectivity index (χ1) is 9.33. The van der Waals surface area contributed by atoms with Crippen LogP contribution in [-0.4, -0.2) is 44.6 Å². The van der Waals surface area contributed by atoms with Crippen LogP contribution in [0, 0.1) is 0 Å². The van der Waals surface area contributed by atoms with Crippen LogP contribution in [-0.2, 0) is 9.78 Å². The molecule has 0 radical (unpaired) electrons. The van der Waals surface area contributed by atoms with Crippen molar-refractivity contribution in [3.05, 3.63) is 34.4 Å². The molecule has 0 aliphatic rings. The second-order valence-corrected chi connectivity index (χ2v) is 3.31. The molecule has 1 rings (SSSR count). The fourth-order valence-electron chi connectivity index (χ4n) is 1.41. The zero-order valence-corrected chi connectivity index (χ0v) is 9.39. The maximum absolute atomic E-state index is 11.3. The predicted molar refractivity (Wildman–Crippen MR) is 56.4 cm³/mol. The SMILES string of the molecule is O=C(O)c1cc(C(=O)O)c(C(=O)OO)c(C(=O)OO)c1. The highest BCUT2D eigenvalue weighted by atomic mass is 17.1. The molecule has 0 saturated heterocycles. The van der Waals surface area contributed by atoms with Crippen LogP contribution in [0.2, 0.25) is 0 Å². The average Bonchev–Trinajstić information content (AvgIpc) is 2.43. The normalized spacial score (nSPS) is 9.70. The van der Waals surface area contributed by atoms with Crippen LogP contribution in [0.25, 0.3) is 0 Å². The Bertz CT molecular complexity index is 602. The molecule has 0 bridgehead atoms. The van der Waals surface area contributed by atoms with E-state index in [4.69, 9.17) is 20.7 Å². The van der Waals surface area contributed by atoms with Gasteiger partial charge in [0.25, 0.3) is 0 Å². The molecule has 20 heavy (non-hydrogen) atoms. The summed E-state index contributed by atoms with van der Waals surface area (Å²) in [5.74, 6) is -6.60. The highest BCUT2D eigenvalue weighted by Crippen LogP contribution is 2.20.